The normalized spacial score (nSPS) is 20.2. The number of carbonyl (C=O) groups is 1. The Kier molecular flexibility index (Phi) is 5.45. The molecule has 0 aromatic carbocycles. The van der Waals surface area contributed by atoms with Crippen LogP contribution in [0.25, 0.3) is 0 Å². The van der Waals surface area contributed by atoms with Crippen LogP contribution in [0.2, 0.25) is 5.02 Å². The SMILES string of the molecule is CC1CN(CCNC(=O)Nc2cscc2Cl)CCO1. The van der Waals surface area contributed by atoms with Crippen molar-refractivity contribution in [2.24, 2.45) is 0 Å². The summed E-state index contributed by atoms with van der Waals surface area (Å²) in [6.07, 6.45) is 0.271. The van der Waals surface area contributed by atoms with Gasteiger partial charge in [0.25, 0.3) is 0 Å². The topological polar surface area (TPSA) is 53.6 Å². The molecule has 1 saturated heterocycles. The first kappa shape index (κ1) is 14.6. The molecule has 19 heavy (non-hydrogen) atoms. The highest BCUT2D eigenvalue weighted by Crippen LogP contribution is 2.25. The van der Waals surface area contributed by atoms with Crippen molar-refractivity contribution in [2.45, 2.75) is 13.0 Å². The Hall–Kier alpha value is -0.820. The Bertz CT molecular complexity index is 427. The number of amides is 2. The lowest BCUT2D eigenvalue weighted by Gasteiger charge is -2.30. The van der Waals surface area contributed by atoms with Crippen molar-refractivity contribution >= 4 is 34.7 Å². The molecule has 5 nitrogen and oxygen atoms in total. The van der Waals surface area contributed by atoms with Crippen molar-refractivity contribution in [1.29, 1.82) is 0 Å². The summed E-state index contributed by atoms with van der Waals surface area (Å²) in [5.41, 5.74) is 0.657. The van der Waals surface area contributed by atoms with Crippen molar-refractivity contribution in [3.63, 3.8) is 0 Å². The van der Waals surface area contributed by atoms with E-state index in [1.807, 2.05) is 5.38 Å². The number of nitrogens with zero attached hydrogens (tertiary/aromatic N) is 1. The Morgan fingerprint density at radius 3 is 3.16 bits per heavy atom. The third-order valence-corrected chi connectivity index (χ3v) is 4.09. The van der Waals surface area contributed by atoms with Crippen LogP contribution in [0.5, 0.6) is 0 Å². The number of halogens is 1. The molecule has 0 saturated carbocycles. The van der Waals surface area contributed by atoms with E-state index in [-0.39, 0.29) is 12.1 Å². The number of thiophene rings is 1. The zero-order valence-corrected chi connectivity index (χ0v) is 12.4. The first-order valence-corrected chi connectivity index (χ1v) is 7.57. The fourth-order valence-corrected chi connectivity index (χ4v) is 2.92. The average Bonchev–Trinajstić information content (AvgIpc) is 2.75. The first-order valence-electron chi connectivity index (χ1n) is 6.25. The van der Waals surface area contributed by atoms with Crippen LogP contribution in [0, 0.1) is 0 Å². The van der Waals surface area contributed by atoms with Gasteiger partial charge in [-0.1, -0.05) is 11.6 Å². The molecule has 106 valence electrons. The van der Waals surface area contributed by atoms with Gasteiger partial charge in [-0.15, -0.1) is 11.3 Å². The molecule has 1 aromatic rings. The second kappa shape index (κ2) is 7.09. The molecule has 0 radical (unpaired) electrons. The molecule has 2 heterocycles. The lowest BCUT2D eigenvalue weighted by atomic mass is 10.3. The van der Waals surface area contributed by atoms with Gasteiger partial charge in [-0.05, 0) is 6.92 Å². The largest absolute Gasteiger partial charge is 0.376 e. The Morgan fingerprint density at radius 2 is 2.47 bits per heavy atom. The molecule has 1 aromatic heterocycles. The number of rotatable bonds is 4. The molecule has 0 spiro atoms. The second-order valence-corrected chi connectivity index (χ2v) is 5.65. The second-order valence-electron chi connectivity index (χ2n) is 4.50. The molecule has 1 aliphatic rings. The van der Waals surface area contributed by atoms with Crippen LogP contribution in [0.1, 0.15) is 6.92 Å². The summed E-state index contributed by atoms with van der Waals surface area (Å²) in [6.45, 7) is 6.10. The van der Waals surface area contributed by atoms with Crippen LogP contribution in [-0.2, 0) is 4.74 Å². The van der Waals surface area contributed by atoms with Gasteiger partial charge in [-0.25, -0.2) is 4.79 Å². The number of ether oxygens (including phenoxy) is 1. The van der Waals surface area contributed by atoms with E-state index in [4.69, 9.17) is 16.3 Å². The number of carbonyl (C=O) groups excluding carboxylic acids is 1. The predicted octanol–water partition coefficient (Wildman–Crippen LogP) is 2.24. The van der Waals surface area contributed by atoms with E-state index in [0.29, 0.717) is 17.3 Å². The maximum atomic E-state index is 11.6. The van der Waals surface area contributed by atoms with Gasteiger partial charge in [-0.3, -0.25) is 4.90 Å². The number of urea groups is 1. The van der Waals surface area contributed by atoms with Crippen LogP contribution in [0.15, 0.2) is 10.8 Å². The molecule has 1 unspecified atom stereocenters. The maximum Gasteiger partial charge on any atom is 0.319 e. The number of hydrogen-bond acceptors (Lipinski definition) is 4. The van der Waals surface area contributed by atoms with Crippen LogP contribution >= 0.6 is 22.9 Å². The van der Waals surface area contributed by atoms with Crippen molar-refractivity contribution in [2.75, 3.05) is 38.1 Å². The summed E-state index contributed by atoms with van der Waals surface area (Å²) in [5.74, 6) is 0. The highest BCUT2D eigenvalue weighted by Gasteiger charge is 2.16. The molecule has 2 amide bonds. The van der Waals surface area contributed by atoms with E-state index >= 15 is 0 Å². The van der Waals surface area contributed by atoms with Gasteiger partial charge in [0.1, 0.15) is 0 Å². The quantitative estimate of drug-likeness (QED) is 0.897. The monoisotopic (exact) mass is 303 g/mol. The van der Waals surface area contributed by atoms with Gasteiger partial charge in [0.05, 0.1) is 23.4 Å². The van der Waals surface area contributed by atoms with Crippen LogP contribution < -0.4 is 10.6 Å². The van der Waals surface area contributed by atoms with Gasteiger partial charge in [0.15, 0.2) is 0 Å². The number of nitrogens with one attached hydrogen (secondary N) is 2. The molecule has 0 aliphatic carbocycles. The third kappa shape index (κ3) is 4.65. The molecule has 7 heteroatoms. The summed E-state index contributed by atoms with van der Waals surface area (Å²) >= 11 is 7.36. The van der Waals surface area contributed by atoms with E-state index in [9.17, 15) is 4.79 Å². The molecule has 1 fully saturated rings. The zero-order chi connectivity index (χ0) is 13.7. The predicted molar refractivity (Wildman–Crippen MR) is 78.2 cm³/mol. The molecular weight excluding hydrogens is 286 g/mol. The molecule has 2 rings (SSSR count). The smallest absolute Gasteiger partial charge is 0.319 e. The summed E-state index contributed by atoms with van der Waals surface area (Å²) in [5, 5.41) is 9.71. The minimum absolute atomic E-state index is 0.221. The number of anilines is 1. The van der Waals surface area contributed by atoms with Crippen LogP contribution in [0.4, 0.5) is 10.5 Å². The van der Waals surface area contributed by atoms with Gasteiger partial charge in [-0.2, -0.15) is 0 Å². The minimum atomic E-state index is -0.221. The maximum absolute atomic E-state index is 11.6. The summed E-state index contributed by atoms with van der Waals surface area (Å²) in [4.78, 5) is 13.9. The molecule has 1 aliphatic heterocycles. The third-order valence-electron chi connectivity index (χ3n) is 2.90. The highest BCUT2D eigenvalue weighted by molar-refractivity contribution is 7.09. The Morgan fingerprint density at radius 1 is 1.63 bits per heavy atom. The lowest BCUT2D eigenvalue weighted by Crippen LogP contribution is -2.45. The van der Waals surface area contributed by atoms with E-state index in [0.717, 1.165) is 26.2 Å². The van der Waals surface area contributed by atoms with Gasteiger partial charge < -0.3 is 15.4 Å². The Balaban J connectivity index is 1.65. The summed E-state index contributed by atoms with van der Waals surface area (Å²) in [7, 11) is 0. The van der Waals surface area contributed by atoms with Crippen molar-refractivity contribution in [3.05, 3.63) is 15.8 Å². The number of hydrogen-bond donors (Lipinski definition) is 2. The van der Waals surface area contributed by atoms with Crippen LogP contribution in [0.3, 0.4) is 0 Å². The fraction of sp³-hybridized carbons (Fsp3) is 0.583. The molecule has 2 N–H and O–H groups in total. The van der Waals surface area contributed by atoms with Crippen molar-refractivity contribution in [1.82, 2.24) is 10.2 Å². The summed E-state index contributed by atoms with van der Waals surface area (Å²) < 4.78 is 5.46. The summed E-state index contributed by atoms with van der Waals surface area (Å²) in [6, 6.07) is -0.221. The molecule has 0 bridgehead atoms. The van der Waals surface area contributed by atoms with Gasteiger partial charge in [0, 0.05) is 36.9 Å². The van der Waals surface area contributed by atoms with E-state index < -0.39 is 0 Å². The van der Waals surface area contributed by atoms with E-state index in [1.54, 1.807) is 5.38 Å². The van der Waals surface area contributed by atoms with Gasteiger partial charge in [0.2, 0.25) is 0 Å². The lowest BCUT2D eigenvalue weighted by molar-refractivity contribution is -0.0174. The molecule has 1 atom stereocenters. The number of morpholine rings is 1. The van der Waals surface area contributed by atoms with Crippen LogP contribution in [-0.4, -0.2) is 49.8 Å². The van der Waals surface area contributed by atoms with Crippen molar-refractivity contribution in [3.8, 4) is 0 Å². The Labute approximate surface area is 121 Å². The fourth-order valence-electron chi connectivity index (χ4n) is 1.96. The zero-order valence-electron chi connectivity index (χ0n) is 10.8. The van der Waals surface area contributed by atoms with E-state index in [1.165, 1.54) is 11.3 Å². The average molecular weight is 304 g/mol. The minimum Gasteiger partial charge on any atom is -0.376 e. The first-order chi connectivity index (χ1) is 9.15. The van der Waals surface area contributed by atoms with E-state index in [2.05, 4.69) is 22.5 Å². The molecular formula is C12H18ClN3O2S. The van der Waals surface area contributed by atoms with Gasteiger partial charge >= 0.3 is 6.03 Å². The standard InChI is InChI=1S/C12H18ClN3O2S/c1-9-6-16(4-5-18-9)3-2-14-12(17)15-11-8-19-7-10(11)13/h7-9H,2-6H2,1H3,(H2,14,15,17). The highest BCUT2D eigenvalue weighted by atomic mass is 35.5. The van der Waals surface area contributed by atoms with Crippen molar-refractivity contribution < 1.29 is 9.53 Å².